The third-order valence-electron chi connectivity index (χ3n) is 5.10. The number of hydrogen-bond donors (Lipinski definition) is 3. The molecule has 0 unspecified atom stereocenters. The summed E-state index contributed by atoms with van der Waals surface area (Å²) in [5, 5.41) is 25.7. The fourth-order valence-corrected chi connectivity index (χ4v) is 3.70. The van der Waals surface area contributed by atoms with Crippen molar-refractivity contribution in [1.82, 2.24) is 0 Å². The van der Waals surface area contributed by atoms with Gasteiger partial charge in [0.2, 0.25) is 17.7 Å². The summed E-state index contributed by atoms with van der Waals surface area (Å²) >= 11 is 6.11. The van der Waals surface area contributed by atoms with Crippen molar-refractivity contribution in [1.29, 1.82) is 0 Å². The van der Waals surface area contributed by atoms with Gasteiger partial charge in [0.25, 0.3) is 5.91 Å². The van der Waals surface area contributed by atoms with Gasteiger partial charge in [-0.05, 0) is 40.8 Å². The summed E-state index contributed by atoms with van der Waals surface area (Å²) in [7, 11) is 0. The van der Waals surface area contributed by atoms with Crippen molar-refractivity contribution < 1.29 is 24.1 Å². The number of aromatic hydroxyl groups is 2. The molecule has 0 saturated heterocycles. The monoisotopic (exact) mass is 435 g/mol. The molecule has 0 bridgehead atoms. The number of carbonyl (C=O) groups is 1. The second-order valence-corrected chi connectivity index (χ2v) is 7.58. The number of rotatable bonds is 5. The van der Waals surface area contributed by atoms with E-state index in [2.05, 4.69) is 12.2 Å². The molecule has 1 heterocycles. The SMILES string of the molecule is CCc1ccc(NC(=O)C[n+]2c(O)[n+](-c3cccc(Cl)c3)c(O)c3ccccc32)cc1. The van der Waals surface area contributed by atoms with Crippen LogP contribution in [0, 0.1) is 0 Å². The summed E-state index contributed by atoms with van der Waals surface area (Å²) in [4.78, 5) is 12.8. The van der Waals surface area contributed by atoms with Crippen molar-refractivity contribution in [3.8, 4) is 17.6 Å². The van der Waals surface area contributed by atoms with E-state index in [1.165, 1.54) is 14.7 Å². The van der Waals surface area contributed by atoms with Crippen LogP contribution in [-0.4, -0.2) is 16.1 Å². The molecule has 0 aliphatic rings. The Bertz CT molecular complexity index is 1270. The number of aromatic nitrogens is 2. The summed E-state index contributed by atoms with van der Waals surface area (Å²) in [5.41, 5.74) is 2.84. The van der Waals surface area contributed by atoms with Crippen molar-refractivity contribution in [3.05, 3.63) is 83.4 Å². The van der Waals surface area contributed by atoms with Crippen LogP contribution in [0.25, 0.3) is 16.6 Å². The molecule has 0 radical (unpaired) electrons. The Labute approximate surface area is 184 Å². The number of hydrogen-bond acceptors (Lipinski definition) is 3. The molecule has 3 aromatic carbocycles. The molecule has 6 nitrogen and oxygen atoms in total. The second-order valence-electron chi connectivity index (χ2n) is 7.14. The van der Waals surface area contributed by atoms with Crippen LogP contribution < -0.4 is 14.5 Å². The highest BCUT2D eigenvalue weighted by atomic mass is 35.5. The maximum atomic E-state index is 12.8. The van der Waals surface area contributed by atoms with Crippen molar-refractivity contribution in [2.45, 2.75) is 19.9 Å². The lowest BCUT2D eigenvalue weighted by atomic mass is 10.1. The molecular formula is C24H22ClN3O3+2. The number of carbonyl (C=O) groups excluding carboxylic acids is 1. The first-order chi connectivity index (χ1) is 15.0. The Hall–Kier alpha value is -3.64. The zero-order valence-corrected chi connectivity index (χ0v) is 17.7. The third kappa shape index (κ3) is 4.15. The van der Waals surface area contributed by atoms with Crippen molar-refractivity contribution in [2.24, 2.45) is 0 Å². The fourth-order valence-electron chi connectivity index (χ4n) is 3.52. The molecule has 31 heavy (non-hydrogen) atoms. The smallest absolute Gasteiger partial charge is 0.459 e. The largest absolute Gasteiger partial charge is 0.638 e. The lowest BCUT2D eigenvalue weighted by Crippen LogP contribution is -2.49. The molecule has 0 aliphatic heterocycles. The Morgan fingerprint density at radius 2 is 1.74 bits per heavy atom. The molecule has 4 aromatic rings. The number of aryl methyl sites for hydroxylation is 1. The van der Waals surface area contributed by atoms with Gasteiger partial charge in [0, 0.05) is 28.9 Å². The Morgan fingerprint density at radius 3 is 2.45 bits per heavy atom. The fraction of sp³-hybridized carbons (Fsp3) is 0.125. The van der Waals surface area contributed by atoms with Crippen LogP contribution in [0.4, 0.5) is 5.69 Å². The van der Waals surface area contributed by atoms with Crippen molar-refractivity contribution >= 4 is 34.1 Å². The van der Waals surface area contributed by atoms with Gasteiger partial charge < -0.3 is 15.5 Å². The standard InChI is InChI=1S/C24H20ClN3O3/c1-2-16-10-12-18(13-11-16)26-22(29)15-27-21-9-4-3-8-20(21)23(30)28(24(27)31)19-7-5-6-17(25)14-19/h3-14H,2,15H2,1H3,(H,26,29)/p+2. The molecule has 3 N–H and O–H groups in total. The summed E-state index contributed by atoms with van der Waals surface area (Å²) in [6, 6.07) is 21.1. The summed E-state index contributed by atoms with van der Waals surface area (Å²) < 4.78 is 2.71. The molecule has 0 aliphatic carbocycles. The molecule has 0 saturated carbocycles. The molecule has 0 fully saturated rings. The number of nitrogens with one attached hydrogen (secondary N) is 1. The summed E-state index contributed by atoms with van der Waals surface area (Å²) in [6.45, 7) is 1.92. The van der Waals surface area contributed by atoms with Gasteiger partial charge in [0.15, 0.2) is 5.39 Å². The number of anilines is 1. The van der Waals surface area contributed by atoms with E-state index in [-0.39, 0.29) is 24.3 Å². The molecular weight excluding hydrogens is 414 g/mol. The molecule has 0 atom stereocenters. The molecule has 156 valence electrons. The van der Waals surface area contributed by atoms with E-state index in [0.717, 1.165) is 6.42 Å². The number of fused-ring (bicyclic) bond motifs is 1. The van der Waals surface area contributed by atoms with Crippen molar-refractivity contribution in [3.63, 3.8) is 0 Å². The minimum absolute atomic E-state index is 0.150. The zero-order valence-electron chi connectivity index (χ0n) is 16.9. The third-order valence-corrected chi connectivity index (χ3v) is 5.34. The minimum atomic E-state index is -0.307. The normalized spacial score (nSPS) is 10.9. The summed E-state index contributed by atoms with van der Waals surface area (Å²) in [5.74, 6) is -0.458. The van der Waals surface area contributed by atoms with Crippen LogP contribution in [0.3, 0.4) is 0 Å². The highest BCUT2D eigenvalue weighted by Gasteiger charge is 2.36. The number of benzene rings is 3. The van der Waals surface area contributed by atoms with E-state index in [4.69, 9.17) is 11.6 Å². The maximum Gasteiger partial charge on any atom is 0.638 e. The number of halogens is 1. The average molecular weight is 436 g/mol. The molecule has 1 amide bonds. The van der Waals surface area contributed by atoms with E-state index < -0.39 is 0 Å². The van der Waals surface area contributed by atoms with Gasteiger partial charge in [-0.3, -0.25) is 4.79 Å². The summed E-state index contributed by atoms with van der Waals surface area (Å²) in [6.07, 6.45) is 0.918. The Kier molecular flexibility index (Phi) is 5.73. The van der Waals surface area contributed by atoms with Crippen LogP contribution in [0.2, 0.25) is 5.02 Å². The first-order valence-electron chi connectivity index (χ1n) is 9.91. The van der Waals surface area contributed by atoms with E-state index in [1.807, 2.05) is 24.3 Å². The quantitative estimate of drug-likeness (QED) is 0.418. The van der Waals surface area contributed by atoms with Gasteiger partial charge in [-0.25, -0.2) is 0 Å². The maximum absolute atomic E-state index is 12.8. The lowest BCUT2D eigenvalue weighted by molar-refractivity contribution is -0.774. The molecule has 4 rings (SSSR count). The van der Waals surface area contributed by atoms with Gasteiger partial charge in [-0.2, -0.15) is 0 Å². The Morgan fingerprint density at radius 1 is 1.00 bits per heavy atom. The number of para-hydroxylation sites is 1. The van der Waals surface area contributed by atoms with Gasteiger partial charge in [-0.1, -0.05) is 53.4 Å². The first kappa shape index (κ1) is 20.6. The van der Waals surface area contributed by atoms with E-state index in [9.17, 15) is 15.0 Å². The molecule has 7 heteroatoms. The van der Waals surface area contributed by atoms with E-state index >= 15 is 0 Å². The van der Waals surface area contributed by atoms with Crippen molar-refractivity contribution in [2.75, 3.05) is 5.32 Å². The number of amides is 1. The first-order valence-corrected chi connectivity index (χ1v) is 10.3. The lowest BCUT2D eigenvalue weighted by Gasteiger charge is -2.07. The van der Waals surface area contributed by atoms with Gasteiger partial charge in [-0.15, -0.1) is 0 Å². The predicted molar refractivity (Wildman–Crippen MR) is 118 cm³/mol. The predicted octanol–water partition coefficient (Wildman–Crippen LogP) is 3.67. The van der Waals surface area contributed by atoms with E-state index in [0.29, 0.717) is 27.3 Å². The highest BCUT2D eigenvalue weighted by Crippen LogP contribution is 2.23. The van der Waals surface area contributed by atoms with Crippen LogP contribution in [0.5, 0.6) is 11.9 Å². The van der Waals surface area contributed by atoms with Gasteiger partial charge >= 0.3 is 11.9 Å². The van der Waals surface area contributed by atoms with Gasteiger partial charge in [0.1, 0.15) is 0 Å². The molecule has 1 aromatic heterocycles. The van der Waals surface area contributed by atoms with E-state index in [1.54, 1.807) is 48.5 Å². The van der Waals surface area contributed by atoms with Crippen LogP contribution in [0.1, 0.15) is 12.5 Å². The molecule has 0 spiro atoms. The van der Waals surface area contributed by atoms with Crippen LogP contribution in [-0.2, 0) is 17.8 Å². The average Bonchev–Trinajstić information content (AvgIpc) is 2.77. The number of nitrogens with zero attached hydrogens (tertiary/aromatic N) is 2. The van der Waals surface area contributed by atoms with Gasteiger partial charge in [0.05, 0.1) is 0 Å². The van der Waals surface area contributed by atoms with Crippen LogP contribution in [0.15, 0.2) is 72.8 Å². The highest BCUT2D eigenvalue weighted by molar-refractivity contribution is 6.30. The topological polar surface area (TPSA) is 77.3 Å². The second kappa shape index (κ2) is 8.62. The van der Waals surface area contributed by atoms with Crippen LogP contribution >= 0.6 is 11.6 Å². The Balaban J connectivity index is 1.76. The minimum Gasteiger partial charge on any atom is -0.459 e. The zero-order chi connectivity index (χ0) is 22.0.